The van der Waals surface area contributed by atoms with Gasteiger partial charge in [-0.25, -0.2) is 17.7 Å². The Bertz CT molecular complexity index is 1200. The number of amides is 1. The number of nitrogens with one attached hydrogen (secondary N) is 1. The van der Waals surface area contributed by atoms with Crippen LogP contribution in [0.4, 0.5) is 5.95 Å². The van der Waals surface area contributed by atoms with E-state index in [1.807, 2.05) is 66.1 Å². The Kier molecular flexibility index (Phi) is 7.97. The van der Waals surface area contributed by atoms with Gasteiger partial charge in [-0.3, -0.25) is 10.1 Å². The number of hydrogen-bond donors (Lipinski definition) is 1. The molecule has 0 atom stereocenters. The van der Waals surface area contributed by atoms with Crippen molar-refractivity contribution in [3.63, 3.8) is 0 Å². The van der Waals surface area contributed by atoms with Crippen molar-refractivity contribution in [1.82, 2.24) is 13.9 Å². The van der Waals surface area contributed by atoms with E-state index in [0.717, 1.165) is 23.0 Å². The Hall–Kier alpha value is -2.75. The number of ether oxygens (including phenoxy) is 1. The van der Waals surface area contributed by atoms with Gasteiger partial charge >= 0.3 is 0 Å². The Morgan fingerprint density at radius 3 is 2.53 bits per heavy atom. The predicted molar refractivity (Wildman–Crippen MR) is 133 cm³/mol. The average molecular weight is 485 g/mol. The van der Waals surface area contributed by atoms with Crippen molar-refractivity contribution in [1.29, 1.82) is 0 Å². The number of benzene rings is 2. The molecule has 4 rings (SSSR count). The number of carbonyl (C=O) groups excluding carboxylic acids is 1. The molecule has 0 aliphatic carbocycles. The second-order valence-corrected chi connectivity index (χ2v) is 10.5. The van der Waals surface area contributed by atoms with Gasteiger partial charge in [0, 0.05) is 38.8 Å². The summed E-state index contributed by atoms with van der Waals surface area (Å²) in [4.78, 5) is 17.7. The molecule has 1 aliphatic heterocycles. The van der Waals surface area contributed by atoms with E-state index in [0.29, 0.717) is 51.6 Å². The lowest BCUT2D eigenvalue weighted by molar-refractivity contribution is -0.121. The summed E-state index contributed by atoms with van der Waals surface area (Å²) in [5.41, 5.74) is 2.57. The molecule has 1 saturated heterocycles. The summed E-state index contributed by atoms with van der Waals surface area (Å²) in [6, 6.07) is 17.0. The lowest BCUT2D eigenvalue weighted by atomic mass is 9.97. The van der Waals surface area contributed by atoms with Crippen LogP contribution in [-0.2, 0) is 31.9 Å². The molecule has 0 unspecified atom stereocenters. The minimum atomic E-state index is -3.41. The zero-order valence-electron chi connectivity index (χ0n) is 19.5. The van der Waals surface area contributed by atoms with Crippen molar-refractivity contribution in [2.75, 3.05) is 31.6 Å². The monoisotopic (exact) mass is 484 g/mol. The molecule has 1 fully saturated rings. The number of aromatic nitrogens is 2. The third kappa shape index (κ3) is 5.84. The molecule has 0 radical (unpaired) electrons. The highest BCUT2D eigenvalue weighted by Crippen LogP contribution is 2.25. The first kappa shape index (κ1) is 24.4. The van der Waals surface area contributed by atoms with Crippen molar-refractivity contribution >= 4 is 32.9 Å². The van der Waals surface area contributed by atoms with E-state index in [-0.39, 0.29) is 17.6 Å². The van der Waals surface area contributed by atoms with Crippen LogP contribution in [0.5, 0.6) is 0 Å². The van der Waals surface area contributed by atoms with Gasteiger partial charge in [0.15, 0.2) is 0 Å². The number of nitrogens with zero attached hydrogens (tertiary/aromatic N) is 3. The lowest BCUT2D eigenvalue weighted by Gasteiger charge is -2.30. The van der Waals surface area contributed by atoms with Gasteiger partial charge in [-0.15, -0.1) is 0 Å². The number of rotatable bonds is 10. The van der Waals surface area contributed by atoms with E-state index < -0.39 is 10.0 Å². The zero-order chi connectivity index (χ0) is 24.0. The predicted octanol–water partition coefficient (Wildman–Crippen LogP) is 3.64. The van der Waals surface area contributed by atoms with Gasteiger partial charge in [0.05, 0.1) is 16.8 Å². The summed E-state index contributed by atoms with van der Waals surface area (Å²) in [6.45, 7) is 4.67. The molecule has 2 heterocycles. The number of hydrogen-bond acceptors (Lipinski definition) is 5. The maximum atomic E-state index is 13.1. The second-order valence-electron chi connectivity index (χ2n) is 8.53. The van der Waals surface area contributed by atoms with Gasteiger partial charge < -0.3 is 9.30 Å². The summed E-state index contributed by atoms with van der Waals surface area (Å²) >= 11 is 0. The fourth-order valence-electron chi connectivity index (χ4n) is 4.35. The van der Waals surface area contributed by atoms with Crippen LogP contribution in [0.1, 0.15) is 31.7 Å². The highest BCUT2D eigenvalue weighted by molar-refractivity contribution is 7.88. The maximum Gasteiger partial charge on any atom is 0.229 e. The number of para-hydroxylation sites is 2. The molecule has 0 spiro atoms. The van der Waals surface area contributed by atoms with Crippen LogP contribution < -0.4 is 5.32 Å². The third-order valence-electron chi connectivity index (χ3n) is 6.17. The molecule has 1 N–H and O–H groups in total. The highest BCUT2D eigenvalue weighted by Gasteiger charge is 2.31. The molecule has 0 saturated carbocycles. The molecule has 1 aliphatic rings. The fraction of sp³-hybridized carbons (Fsp3) is 0.440. The molecule has 2 aromatic carbocycles. The number of piperidine rings is 1. The summed E-state index contributed by atoms with van der Waals surface area (Å²) in [5.74, 6) is 0.152. The molecular formula is C25H32N4O4S. The first-order chi connectivity index (χ1) is 16.5. The first-order valence-corrected chi connectivity index (χ1v) is 13.4. The average Bonchev–Trinajstić information content (AvgIpc) is 3.19. The van der Waals surface area contributed by atoms with E-state index in [1.165, 1.54) is 4.31 Å². The third-order valence-corrected chi connectivity index (χ3v) is 8.02. The van der Waals surface area contributed by atoms with Crippen molar-refractivity contribution in [3.05, 3.63) is 60.2 Å². The Balaban J connectivity index is 1.38. The molecule has 8 nitrogen and oxygen atoms in total. The molecule has 34 heavy (non-hydrogen) atoms. The van der Waals surface area contributed by atoms with Gasteiger partial charge in [-0.05, 0) is 43.9 Å². The van der Waals surface area contributed by atoms with Crippen molar-refractivity contribution in [2.24, 2.45) is 5.92 Å². The van der Waals surface area contributed by atoms with Crippen LogP contribution in [0.3, 0.4) is 0 Å². The fourth-order valence-corrected chi connectivity index (χ4v) is 5.91. The number of anilines is 1. The minimum Gasteiger partial charge on any atom is -0.382 e. The van der Waals surface area contributed by atoms with E-state index >= 15 is 0 Å². The molecule has 182 valence electrons. The van der Waals surface area contributed by atoms with Gasteiger partial charge in [-0.2, -0.15) is 0 Å². The number of aryl methyl sites for hydroxylation is 1. The lowest BCUT2D eigenvalue weighted by Crippen LogP contribution is -2.42. The summed E-state index contributed by atoms with van der Waals surface area (Å²) in [5, 5.41) is 3.01. The van der Waals surface area contributed by atoms with E-state index in [9.17, 15) is 13.2 Å². The largest absolute Gasteiger partial charge is 0.382 e. The number of fused-ring (bicyclic) bond motifs is 1. The van der Waals surface area contributed by atoms with Gasteiger partial charge in [0.2, 0.25) is 21.9 Å². The topological polar surface area (TPSA) is 93.5 Å². The van der Waals surface area contributed by atoms with Crippen LogP contribution in [-0.4, -0.2) is 54.5 Å². The van der Waals surface area contributed by atoms with E-state index in [2.05, 4.69) is 10.3 Å². The van der Waals surface area contributed by atoms with E-state index in [4.69, 9.17) is 4.74 Å². The normalized spacial score (nSPS) is 15.6. The molecule has 1 aromatic heterocycles. The summed E-state index contributed by atoms with van der Waals surface area (Å²) < 4.78 is 34.6. The molecular weight excluding hydrogens is 452 g/mol. The van der Waals surface area contributed by atoms with Crippen molar-refractivity contribution < 1.29 is 17.9 Å². The molecule has 0 bridgehead atoms. The smallest absolute Gasteiger partial charge is 0.229 e. The Labute approximate surface area is 201 Å². The molecule has 3 aromatic rings. The van der Waals surface area contributed by atoms with Gasteiger partial charge in [0.25, 0.3) is 0 Å². The van der Waals surface area contributed by atoms with Crippen LogP contribution in [0.15, 0.2) is 54.6 Å². The number of carbonyl (C=O) groups is 1. The molecule has 9 heteroatoms. The highest BCUT2D eigenvalue weighted by atomic mass is 32.2. The minimum absolute atomic E-state index is 0.0174. The summed E-state index contributed by atoms with van der Waals surface area (Å²) in [7, 11) is -3.41. The van der Waals surface area contributed by atoms with Crippen LogP contribution in [0.25, 0.3) is 11.0 Å². The Morgan fingerprint density at radius 1 is 1.09 bits per heavy atom. The van der Waals surface area contributed by atoms with Gasteiger partial charge in [0.1, 0.15) is 0 Å². The van der Waals surface area contributed by atoms with E-state index in [1.54, 1.807) is 0 Å². The summed E-state index contributed by atoms with van der Waals surface area (Å²) in [6.07, 6.45) is 1.80. The maximum absolute atomic E-state index is 13.1. The van der Waals surface area contributed by atoms with Gasteiger partial charge in [-0.1, -0.05) is 42.5 Å². The zero-order valence-corrected chi connectivity index (χ0v) is 20.3. The SMILES string of the molecule is CCOCCCn1c(NC(=O)C2CCN(S(=O)(=O)Cc3ccccc3)CC2)nc2ccccc21. The Morgan fingerprint density at radius 2 is 1.79 bits per heavy atom. The van der Waals surface area contributed by atoms with Crippen LogP contribution in [0, 0.1) is 5.92 Å². The van der Waals surface area contributed by atoms with Crippen LogP contribution in [0.2, 0.25) is 0 Å². The van der Waals surface area contributed by atoms with Crippen molar-refractivity contribution in [2.45, 2.75) is 38.5 Å². The second kappa shape index (κ2) is 11.1. The standard InChI is InChI=1S/C25H32N4O4S/c1-2-33-18-8-15-29-23-12-7-6-11-22(23)26-25(29)27-24(30)21-13-16-28(17-14-21)34(31,32)19-20-9-4-3-5-10-20/h3-7,9-12,21H,2,8,13-19H2,1H3,(H,26,27,30). The number of imidazole rings is 1. The first-order valence-electron chi connectivity index (χ1n) is 11.8. The van der Waals surface area contributed by atoms with Crippen LogP contribution >= 0.6 is 0 Å². The number of sulfonamides is 1. The quantitative estimate of drug-likeness (QED) is 0.444. The molecule has 1 amide bonds. The van der Waals surface area contributed by atoms with Crippen molar-refractivity contribution in [3.8, 4) is 0 Å².